The fraction of sp³-hybridized carbons (Fsp3) is 0.200. The van der Waals surface area contributed by atoms with Crippen molar-refractivity contribution in [3.8, 4) is 0 Å². The molecule has 0 aliphatic rings. The molecule has 24 heavy (non-hydrogen) atoms. The highest BCUT2D eigenvalue weighted by Gasteiger charge is 2.18. The molecule has 0 aliphatic heterocycles. The summed E-state index contributed by atoms with van der Waals surface area (Å²) in [4.78, 5) is 24.1. The van der Waals surface area contributed by atoms with Gasteiger partial charge in [0, 0.05) is 23.2 Å². The molecular formula is C20H19NO3. The summed E-state index contributed by atoms with van der Waals surface area (Å²) in [6, 6.07) is 16.5. The van der Waals surface area contributed by atoms with E-state index in [4.69, 9.17) is 4.42 Å². The number of aryl methyl sites for hydroxylation is 1. The second kappa shape index (κ2) is 6.71. The minimum absolute atomic E-state index is 0.0712. The van der Waals surface area contributed by atoms with E-state index in [2.05, 4.69) is 5.32 Å². The summed E-state index contributed by atoms with van der Waals surface area (Å²) in [5.74, 6) is -0.288. The maximum Gasteiger partial charge on any atom is 0.336 e. The molecule has 0 saturated carbocycles. The highest BCUT2D eigenvalue weighted by Crippen LogP contribution is 2.24. The van der Waals surface area contributed by atoms with Gasteiger partial charge in [0.05, 0.1) is 5.92 Å². The smallest absolute Gasteiger partial charge is 0.336 e. The number of nitrogens with one attached hydrogen (secondary N) is 1. The summed E-state index contributed by atoms with van der Waals surface area (Å²) >= 11 is 0. The van der Waals surface area contributed by atoms with E-state index < -0.39 is 0 Å². The maximum atomic E-state index is 12.6. The van der Waals surface area contributed by atoms with E-state index >= 15 is 0 Å². The molecule has 0 saturated heterocycles. The van der Waals surface area contributed by atoms with Gasteiger partial charge in [0.1, 0.15) is 5.58 Å². The molecule has 0 bridgehead atoms. The Hall–Kier alpha value is -2.88. The van der Waals surface area contributed by atoms with Crippen molar-refractivity contribution >= 4 is 22.6 Å². The molecule has 1 N–H and O–H groups in total. The number of hydrogen-bond acceptors (Lipinski definition) is 3. The number of benzene rings is 2. The molecule has 4 heteroatoms. The van der Waals surface area contributed by atoms with Crippen molar-refractivity contribution in [1.29, 1.82) is 0 Å². The van der Waals surface area contributed by atoms with Crippen LogP contribution < -0.4 is 10.9 Å². The van der Waals surface area contributed by atoms with Crippen molar-refractivity contribution in [2.24, 2.45) is 0 Å². The van der Waals surface area contributed by atoms with Gasteiger partial charge in [-0.15, -0.1) is 0 Å². The molecule has 1 aromatic heterocycles. The molecule has 0 spiro atoms. The van der Waals surface area contributed by atoms with Crippen LogP contribution in [0.3, 0.4) is 0 Å². The fourth-order valence-electron chi connectivity index (χ4n) is 2.89. The number of fused-ring (bicyclic) bond motifs is 1. The molecule has 1 unspecified atom stereocenters. The van der Waals surface area contributed by atoms with E-state index in [1.807, 2.05) is 56.3 Å². The maximum absolute atomic E-state index is 12.6. The van der Waals surface area contributed by atoms with Crippen molar-refractivity contribution in [3.63, 3.8) is 0 Å². The average Bonchev–Trinajstić information content (AvgIpc) is 2.56. The SMILES string of the molecule is CCC(C(=O)Nc1ccc2c(C)cc(=O)oc2c1)c1ccccc1. The first-order valence-corrected chi connectivity index (χ1v) is 7.99. The molecule has 4 nitrogen and oxygen atoms in total. The Kier molecular flexibility index (Phi) is 4.47. The van der Waals surface area contributed by atoms with Gasteiger partial charge in [0.2, 0.25) is 5.91 Å². The monoisotopic (exact) mass is 321 g/mol. The molecule has 2 aromatic carbocycles. The van der Waals surface area contributed by atoms with E-state index in [1.54, 1.807) is 6.07 Å². The Morgan fingerprint density at radius 2 is 1.88 bits per heavy atom. The lowest BCUT2D eigenvalue weighted by atomic mass is 9.95. The molecule has 3 aromatic rings. The van der Waals surface area contributed by atoms with Crippen molar-refractivity contribution in [1.82, 2.24) is 0 Å². The highest BCUT2D eigenvalue weighted by molar-refractivity contribution is 5.97. The normalized spacial score (nSPS) is 12.1. The topological polar surface area (TPSA) is 59.3 Å². The Labute approximate surface area is 140 Å². The molecular weight excluding hydrogens is 302 g/mol. The van der Waals surface area contributed by atoms with E-state index in [0.717, 1.165) is 16.5 Å². The van der Waals surface area contributed by atoms with Crippen LogP contribution in [-0.2, 0) is 4.79 Å². The van der Waals surface area contributed by atoms with Crippen molar-refractivity contribution in [2.45, 2.75) is 26.2 Å². The Bertz CT molecular complexity index is 929. The average molecular weight is 321 g/mol. The minimum Gasteiger partial charge on any atom is -0.423 e. The molecule has 1 atom stereocenters. The van der Waals surface area contributed by atoms with Crippen molar-refractivity contribution < 1.29 is 9.21 Å². The lowest BCUT2D eigenvalue weighted by molar-refractivity contribution is -0.117. The second-order valence-electron chi connectivity index (χ2n) is 5.82. The number of anilines is 1. The van der Waals surface area contributed by atoms with Gasteiger partial charge < -0.3 is 9.73 Å². The first kappa shape index (κ1) is 16.0. The van der Waals surface area contributed by atoms with Crippen molar-refractivity contribution in [2.75, 3.05) is 5.32 Å². The van der Waals surface area contributed by atoms with Gasteiger partial charge in [-0.1, -0.05) is 37.3 Å². The second-order valence-corrected chi connectivity index (χ2v) is 5.82. The van der Waals surface area contributed by atoms with Crippen LogP contribution in [0.2, 0.25) is 0 Å². The van der Waals surface area contributed by atoms with Crippen LogP contribution in [-0.4, -0.2) is 5.91 Å². The molecule has 0 aliphatic carbocycles. The van der Waals surface area contributed by atoms with Gasteiger partial charge in [-0.05, 0) is 36.6 Å². The zero-order valence-corrected chi connectivity index (χ0v) is 13.7. The van der Waals surface area contributed by atoms with Crippen LogP contribution in [0.25, 0.3) is 11.0 Å². The summed E-state index contributed by atoms with van der Waals surface area (Å²) in [7, 11) is 0. The van der Waals surface area contributed by atoms with Gasteiger partial charge in [-0.25, -0.2) is 4.79 Å². The summed E-state index contributed by atoms with van der Waals surface area (Å²) in [6.07, 6.45) is 0.706. The lowest BCUT2D eigenvalue weighted by Gasteiger charge is -2.15. The van der Waals surface area contributed by atoms with Gasteiger partial charge in [-0.3, -0.25) is 4.79 Å². The first-order chi connectivity index (χ1) is 11.6. The van der Waals surface area contributed by atoms with Crippen LogP contribution in [0.1, 0.15) is 30.4 Å². The standard InChI is InChI=1S/C20H19NO3/c1-3-16(14-7-5-4-6-8-14)20(23)21-15-9-10-17-13(2)11-19(22)24-18(17)12-15/h4-12,16H,3H2,1-2H3,(H,21,23). The molecule has 0 fully saturated rings. The third-order valence-corrected chi connectivity index (χ3v) is 4.15. The quantitative estimate of drug-likeness (QED) is 0.731. The van der Waals surface area contributed by atoms with E-state index in [9.17, 15) is 9.59 Å². The number of rotatable bonds is 4. The Morgan fingerprint density at radius 3 is 2.58 bits per heavy atom. The van der Waals surface area contributed by atoms with Crippen LogP contribution >= 0.6 is 0 Å². The van der Waals surface area contributed by atoms with Gasteiger partial charge >= 0.3 is 5.63 Å². The Morgan fingerprint density at radius 1 is 1.12 bits per heavy atom. The zero-order valence-electron chi connectivity index (χ0n) is 13.7. The van der Waals surface area contributed by atoms with E-state index in [1.165, 1.54) is 6.07 Å². The molecule has 122 valence electrons. The van der Waals surface area contributed by atoms with Gasteiger partial charge in [-0.2, -0.15) is 0 Å². The fourth-order valence-corrected chi connectivity index (χ4v) is 2.89. The minimum atomic E-state index is -0.390. The van der Waals surface area contributed by atoms with Crippen LogP contribution in [0, 0.1) is 6.92 Å². The predicted molar refractivity (Wildman–Crippen MR) is 95.3 cm³/mol. The van der Waals surface area contributed by atoms with Crippen LogP contribution in [0.4, 0.5) is 5.69 Å². The van der Waals surface area contributed by atoms with Crippen LogP contribution in [0.5, 0.6) is 0 Å². The molecule has 1 amide bonds. The Balaban J connectivity index is 1.88. The van der Waals surface area contributed by atoms with Crippen molar-refractivity contribution in [3.05, 3.63) is 76.1 Å². The third-order valence-electron chi connectivity index (χ3n) is 4.15. The number of carbonyl (C=O) groups excluding carboxylic acids is 1. The van der Waals surface area contributed by atoms with Crippen LogP contribution in [0.15, 0.2) is 63.8 Å². The summed E-state index contributed by atoms with van der Waals surface area (Å²) < 4.78 is 5.23. The van der Waals surface area contributed by atoms with Gasteiger partial charge in [0.15, 0.2) is 0 Å². The molecule has 0 radical (unpaired) electrons. The lowest BCUT2D eigenvalue weighted by Crippen LogP contribution is -2.20. The summed E-state index contributed by atoms with van der Waals surface area (Å²) in [5, 5.41) is 3.79. The van der Waals surface area contributed by atoms with Gasteiger partial charge in [0.25, 0.3) is 0 Å². The molecule has 1 heterocycles. The van der Waals surface area contributed by atoms with E-state index in [-0.39, 0.29) is 17.5 Å². The van der Waals surface area contributed by atoms with E-state index in [0.29, 0.717) is 17.7 Å². The summed E-state index contributed by atoms with van der Waals surface area (Å²) in [5.41, 5.74) is 2.55. The number of hydrogen-bond donors (Lipinski definition) is 1. The zero-order chi connectivity index (χ0) is 17.1. The molecule has 3 rings (SSSR count). The highest BCUT2D eigenvalue weighted by atomic mass is 16.4. The third kappa shape index (κ3) is 3.23. The summed E-state index contributed by atoms with van der Waals surface area (Å²) in [6.45, 7) is 3.85. The first-order valence-electron chi connectivity index (χ1n) is 7.99. The largest absolute Gasteiger partial charge is 0.423 e. The number of amides is 1. The predicted octanol–water partition coefficient (Wildman–Crippen LogP) is 4.23. The number of carbonyl (C=O) groups is 1.